The first kappa shape index (κ1) is 15.8. The molecule has 0 aromatic heterocycles. The number of benzene rings is 2. The minimum Gasteiger partial charge on any atom is -0.459 e. The molecule has 2 aromatic rings. The molecule has 2 aromatic carbocycles. The van der Waals surface area contributed by atoms with E-state index < -0.39 is 5.60 Å². The number of carbonyl (C=O) groups excluding carboxylic acids is 1. The monoisotopic (exact) mass is 309 g/mol. The van der Waals surface area contributed by atoms with E-state index in [2.05, 4.69) is 23.1 Å². The molecular weight excluding hydrogens is 286 g/mol. The van der Waals surface area contributed by atoms with Crippen LogP contribution in [0.3, 0.4) is 0 Å². The van der Waals surface area contributed by atoms with Crippen molar-refractivity contribution in [2.75, 3.05) is 0 Å². The molecule has 0 radical (unpaired) electrons. The van der Waals surface area contributed by atoms with Crippen molar-refractivity contribution in [2.24, 2.45) is 0 Å². The molecular formula is C20H23NO2. The highest BCUT2D eigenvalue weighted by atomic mass is 16.6. The summed E-state index contributed by atoms with van der Waals surface area (Å²) < 4.78 is 5.67. The van der Waals surface area contributed by atoms with Crippen LogP contribution in [0.1, 0.15) is 43.5 Å². The van der Waals surface area contributed by atoms with Gasteiger partial charge in [0.2, 0.25) is 0 Å². The zero-order valence-corrected chi connectivity index (χ0v) is 14.0. The van der Waals surface area contributed by atoms with E-state index in [0.717, 1.165) is 18.7 Å². The van der Waals surface area contributed by atoms with Crippen LogP contribution in [0.2, 0.25) is 0 Å². The summed E-state index contributed by atoms with van der Waals surface area (Å²) in [6.07, 6.45) is 0. The lowest BCUT2D eigenvalue weighted by atomic mass is 10.0. The number of hydrogen-bond acceptors (Lipinski definition) is 3. The van der Waals surface area contributed by atoms with Gasteiger partial charge in [0.1, 0.15) is 11.6 Å². The van der Waals surface area contributed by atoms with Crippen molar-refractivity contribution in [3.8, 4) is 0 Å². The summed E-state index contributed by atoms with van der Waals surface area (Å²) in [5.74, 6) is -0.168. The summed E-state index contributed by atoms with van der Waals surface area (Å²) >= 11 is 0. The molecule has 0 fully saturated rings. The van der Waals surface area contributed by atoms with Gasteiger partial charge in [-0.2, -0.15) is 0 Å². The second-order valence-corrected chi connectivity index (χ2v) is 7.03. The molecule has 23 heavy (non-hydrogen) atoms. The van der Waals surface area contributed by atoms with E-state index in [1.54, 1.807) is 0 Å². The summed E-state index contributed by atoms with van der Waals surface area (Å²) in [6, 6.07) is 18.1. The normalized spacial score (nSPS) is 17.8. The zero-order chi connectivity index (χ0) is 16.4. The van der Waals surface area contributed by atoms with E-state index in [4.69, 9.17) is 4.74 Å². The molecule has 0 unspecified atom stereocenters. The standard InChI is InChI=1S/C20H23NO2/c1-20(2,3)23-19(22)18-17-12-8-7-11-16(17)14-21(18)13-15-9-5-4-6-10-15/h4-12,18H,13-14H2,1-3H3/t18-/m0/s1. The molecule has 0 saturated carbocycles. The average molecular weight is 309 g/mol. The maximum atomic E-state index is 12.8. The summed E-state index contributed by atoms with van der Waals surface area (Å²) in [4.78, 5) is 14.9. The van der Waals surface area contributed by atoms with Crippen LogP contribution in [0.4, 0.5) is 0 Å². The van der Waals surface area contributed by atoms with Gasteiger partial charge in [-0.15, -0.1) is 0 Å². The van der Waals surface area contributed by atoms with Crippen molar-refractivity contribution in [3.05, 3.63) is 71.3 Å². The van der Waals surface area contributed by atoms with Gasteiger partial charge in [0.25, 0.3) is 0 Å². The van der Waals surface area contributed by atoms with Crippen molar-refractivity contribution in [1.29, 1.82) is 0 Å². The SMILES string of the molecule is CC(C)(C)OC(=O)[C@@H]1c2ccccc2CN1Cc1ccccc1. The second kappa shape index (κ2) is 6.17. The molecule has 3 rings (SSSR count). The smallest absolute Gasteiger partial charge is 0.328 e. The summed E-state index contributed by atoms with van der Waals surface area (Å²) in [7, 11) is 0. The van der Waals surface area contributed by atoms with Crippen LogP contribution in [0.25, 0.3) is 0 Å². The Morgan fingerprint density at radius 2 is 1.74 bits per heavy atom. The van der Waals surface area contributed by atoms with Gasteiger partial charge < -0.3 is 4.74 Å². The first-order valence-electron chi connectivity index (χ1n) is 8.03. The maximum Gasteiger partial charge on any atom is 0.328 e. The van der Waals surface area contributed by atoms with Crippen molar-refractivity contribution in [3.63, 3.8) is 0 Å². The lowest BCUT2D eigenvalue weighted by Crippen LogP contribution is -2.34. The second-order valence-electron chi connectivity index (χ2n) is 7.03. The highest BCUT2D eigenvalue weighted by Crippen LogP contribution is 2.36. The first-order chi connectivity index (χ1) is 10.9. The fourth-order valence-corrected chi connectivity index (χ4v) is 3.05. The van der Waals surface area contributed by atoms with E-state index in [0.29, 0.717) is 0 Å². The first-order valence-corrected chi connectivity index (χ1v) is 8.03. The zero-order valence-electron chi connectivity index (χ0n) is 14.0. The third-order valence-corrected chi connectivity index (χ3v) is 3.95. The molecule has 0 amide bonds. The maximum absolute atomic E-state index is 12.8. The van der Waals surface area contributed by atoms with Crippen molar-refractivity contribution in [2.45, 2.75) is 45.5 Å². The molecule has 120 valence electrons. The van der Waals surface area contributed by atoms with E-state index >= 15 is 0 Å². The quantitative estimate of drug-likeness (QED) is 0.800. The van der Waals surface area contributed by atoms with Gasteiger partial charge in [-0.3, -0.25) is 4.90 Å². The van der Waals surface area contributed by atoms with Gasteiger partial charge in [-0.1, -0.05) is 54.6 Å². The number of carbonyl (C=O) groups is 1. The minimum absolute atomic E-state index is 0.168. The van der Waals surface area contributed by atoms with Crippen LogP contribution >= 0.6 is 0 Å². The third kappa shape index (κ3) is 3.62. The van der Waals surface area contributed by atoms with Crippen LogP contribution in [-0.2, 0) is 22.6 Å². The van der Waals surface area contributed by atoms with Crippen LogP contribution in [0.5, 0.6) is 0 Å². The predicted molar refractivity (Wildman–Crippen MR) is 90.7 cm³/mol. The summed E-state index contributed by atoms with van der Waals surface area (Å²) in [6.45, 7) is 7.24. The molecule has 0 bridgehead atoms. The lowest BCUT2D eigenvalue weighted by Gasteiger charge is -2.27. The van der Waals surface area contributed by atoms with Gasteiger partial charge in [0, 0.05) is 13.1 Å². The van der Waals surface area contributed by atoms with E-state index in [1.807, 2.05) is 57.2 Å². The Bertz CT molecular complexity index is 688. The summed E-state index contributed by atoms with van der Waals surface area (Å²) in [5.41, 5.74) is 3.00. The molecule has 3 nitrogen and oxygen atoms in total. The van der Waals surface area contributed by atoms with Gasteiger partial charge >= 0.3 is 5.97 Å². The fraction of sp³-hybridized carbons (Fsp3) is 0.350. The number of hydrogen-bond donors (Lipinski definition) is 0. The molecule has 0 N–H and O–H groups in total. The van der Waals surface area contributed by atoms with Crippen molar-refractivity contribution >= 4 is 5.97 Å². The fourth-order valence-electron chi connectivity index (χ4n) is 3.05. The Balaban J connectivity index is 1.88. The Hall–Kier alpha value is -2.13. The molecule has 1 heterocycles. The molecule has 3 heteroatoms. The number of fused-ring (bicyclic) bond motifs is 1. The van der Waals surface area contributed by atoms with E-state index in [1.165, 1.54) is 11.1 Å². The molecule has 1 atom stereocenters. The van der Waals surface area contributed by atoms with Crippen LogP contribution in [-0.4, -0.2) is 16.5 Å². The largest absolute Gasteiger partial charge is 0.459 e. The Morgan fingerprint density at radius 3 is 2.43 bits per heavy atom. The summed E-state index contributed by atoms with van der Waals surface area (Å²) in [5, 5.41) is 0. The van der Waals surface area contributed by atoms with Crippen molar-refractivity contribution < 1.29 is 9.53 Å². The van der Waals surface area contributed by atoms with Crippen LogP contribution < -0.4 is 0 Å². The Morgan fingerprint density at radius 1 is 1.09 bits per heavy atom. The molecule has 0 spiro atoms. The Labute approximate surface area is 137 Å². The van der Waals surface area contributed by atoms with Gasteiger partial charge in [0.15, 0.2) is 0 Å². The molecule has 0 aliphatic carbocycles. The molecule has 1 aliphatic rings. The Kier molecular flexibility index (Phi) is 4.22. The highest BCUT2D eigenvalue weighted by molar-refractivity contribution is 5.79. The molecule has 0 saturated heterocycles. The number of esters is 1. The van der Waals surface area contributed by atoms with Gasteiger partial charge in [-0.25, -0.2) is 4.79 Å². The highest BCUT2D eigenvalue weighted by Gasteiger charge is 2.37. The number of rotatable bonds is 3. The van der Waals surface area contributed by atoms with Crippen LogP contribution in [0, 0.1) is 0 Å². The number of ether oxygens (including phenoxy) is 1. The number of nitrogens with zero attached hydrogens (tertiary/aromatic N) is 1. The lowest BCUT2D eigenvalue weighted by molar-refractivity contribution is -0.161. The van der Waals surface area contributed by atoms with Crippen molar-refractivity contribution in [1.82, 2.24) is 4.90 Å². The topological polar surface area (TPSA) is 29.5 Å². The average Bonchev–Trinajstić information content (AvgIpc) is 2.84. The van der Waals surface area contributed by atoms with Gasteiger partial charge in [-0.05, 0) is 37.5 Å². The van der Waals surface area contributed by atoms with Crippen LogP contribution in [0.15, 0.2) is 54.6 Å². The third-order valence-electron chi connectivity index (χ3n) is 3.95. The van der Waals surface area contributed by atoms with E-state index in [-0.39, 0.29) is 12.0 Å². The predicted octanol–water partition coefficient (Wildman–Crippen LogP) is 4.09. The minimum atomic E-state index is -0.479. The van der Waals surface area contributed by atoms with E-state index in [9.17, 15) is 4.79 Å². The van der Waals surface area contributed by atoms with Gasteiger partial charge in [0.05, 0.1) is 0 Å². The molecule has 1 aliphatic heterocycles.